The van der Waals surface area contributed by atoms with Gasteiger partial charge in [0.15, 0.2) is 5.78 Å². The predicted molar refractivity (Wildman–Crippen MR) is 198 cm³/mol. The summed E-state index contributed by atoms with van der Waals surface area (Å²) in [6.45, 7) is 1.25. The van der Waals surface area contributed by atoms with Crippen LogP contribution in [-0.2, 0) is 17.6 Å². The zero-order valence-electron chi connectivity index (χ0n) is 28.9. The minimum absolute atomic E-state index is 0.0272. The van der Waals surface area contributed by atoms with E-state index in [0.29, 0.717) is 25.9 Å². The molecule has 0 spiro atoms. The van der Waals surface area contributed by atoms with Crippen molar-refractivity contribution >= 4 is 23.5 Å². The molecule has 1 aliphatic rings. The van der Waals surface area contributed by atoms with Crippen molar-refractivity contribution in [1.29, 1.82) is 0 Å². The molecule has 0 bridgehead atoms. The lowest BCUT2D eigenvalue weighted by molar-refractivity contribution is -0.128. The van der Waals surface area contributed by atoms with Crippen molar-refractivity contribution in [3.8, 4) is 0 Å². The monoisotopic (exact) mass is 671 g/mol. The summed E-state index contributed by atoms with van der Waals surface area (Å²) in [6, 6.07) is 32.9. The second-order valence-electron chi connectivity index (χ2n) is 13.1. The van der Waals surface area contributed by atoms with Gasteiger partial charge in [-0.1, -0.05) is 142 Å². The SMILES string of the molecule is O=C1c2ccccc2C(=O)N(C(=O)c2ccccc2)C(=O)C(Cc2ccccc2)NCCCCCCCCCCCNC1Cc1ccccc1. The maximum absolute atomic E-state index is 14.7. The molecule has 4 aromatic rings. The Hall–Kier alpha value is -4.72. The Morgan fingerprint density at radius 1 is 0.520 bits per heavy atom. The van der Waals surface area contributed by atoms with Crippen LogP contribution in [0.3, 0.4) is 0 Å². The minimum Gasteiger partial charge on any atom is -0.307 e. The number of amides is 3. The molecular formula is C43H49N3O4. The molecule has 2 atom stereocenters. The Balaban J connectivity index is 1.54. The smallest absolute Gasteiger partial charge is 0.268 e. The van der Waals surface area contributed by atoms with Crippen molar-refractivity contribution in [3.63, 3.8) is 0 Å². The minimum atomic E-state index is -0.835. The molecule has 50 heavy (non-hydrogen) atoms. The molecule has 2 N–H and O–H groups in total. The molecule has 0 fully saturated rings. The number of nitrogens with one attached hydrogen (secondary N) is 2. The first-order valence-electron chi connectivity index (χ1n) is 18.2. The van der Waals surface area contributed by atoms with Crippen LogP contribution in [0, 0.1) is 0 Å². The van der Waals surface area contributed by atoms with Gasteiger partial charge in [0.2, 0.25) is 0 Å². The van der Waals surface area contributed by atoms with Gasteiger partial charge in [-0.3, -0.25) is 19.2 Å². The molecule has 1 aliphatic heterocycles. The van der Waals surface area contributed by atoms with Crippen molar-refractivity contribution < 1.29 is 19.2 Å². The maximum atomic E-state index is 14.7. The summed E-state index contributed by atoms with van der Waals surface area (Å²) in [6.07, 6.45) is 10.5. The van der Waals surface area contributed by atoms with E-state index in [4.69, 9.17) is 0 Å². The Labute approximate surface area is 296 Å². The number of ketones is 1. The van der Waals surface area contributed by atoms with Crippen molar-refractivity contribution in [2.75, 3.05) is 13.1 Å². The lowest BCUT2D eigenvalue weighted by Gasteiger charge is -2.27. The fourth-order valence-electron chi connectivity index (χ4n) is 6.59. The van der Waals surface area contributed by atoms with E-state index >= 15 is 0 Å². The van der Waals surface area contributed by atoms with Crippen molar-refractivity contribution in [2.24, 2.45) is 0 Å². The second-order valence-corrected chi connectivity index (χ2v) is 13.1. The summed E-state index contributed by atoms with van der Waals surface area (Å²) in [5, 5.41) is 6.89. The number of carbonyl (C=O) groups excluding carboxylic acids is 4. The van der Waals surface area contributed by atoms with Crippen LogP contribution in [0.15, 0.2) is 115 Å². The Morgan fingerprint density at radius 3 is 1.48 bits per heavy atom. The fourth-order valence-corrected chi connectivity index (χ4v) is 6.59. The van der Waals surface area contributed by atoms with Gasteiger partial charge in [-0.2, -0.15) is 0 Å². The van der Waals surface area contributed by atoms with Crippen LogP contribution in [0.5, 0.6) is 0 Å². The third-order valence-corrected chi connectivity index (χ3v) is 9.39. The van der Waals surface area contributed by atoms with E-state index < -0.39 is 29.8 Å². The number of hydrogen-bond acceptors (Lipinski definition) is 6. The highest BCUT2D eigenvalue weighted by Crippen LogP contribution is 2.21. The summed E-state index contributed by atoms with van der Waals surface area (Å²) < 4.78 is 0. The van der Waals surface area contributed by atoms with E-state index in [-0.39, 0.29) is 22.5 Å². The number of rotatable bonds is 5. The number of imide groups is 3. The average molecular weight is 672 g/mol. The highest BCUT2D eigenvalue weighted by atomic mass is 16.2. The number of fused-ring (bicyclic) bond motifs is 1. The molecule has 2 unspecified atom stereocenters. The van der Waals surface area contributed by atoms with E-state index in [0.717, 1.165) is 54.6 Å². The fraction of sp³-hybridized carbons (Fsp3) is 0.349. The first-order valence-corrected chi connectivity index (χ1v) is 18.2. The van der Waals surface area contributed by atoms with Crippen LogP contribution < -0.4 is 10.6 Å². The van der Waals surface area contributed by atoms with E-state index in [9.17, 15) is 19.2 Å². The summed E-state index contributed by atoms with van der Waals surface area (Å²) in [4.78, 5) is 58.7. The van der Waals surface area contributed by atoms with E-state index in [1.807, 2.05) is 60.7 Å². The van der Waals surface area contributed by atoms with Crippen LogP contribution in [0.25, 0.3) is 0 Å². The van der Waals surface area contributed by atoms with Gasteiger partial charge in [-0.15, -0.1) is 0 Å². The molecule has 0 aliphatic carbocycles. The average Bonchev–Trinajstić information content (AvgIpc) is 3.16. The van der Waals surface area contributed by atoms with Crippen LogP contribution in [0.2, 0.25) is 0 Å². The molecule has 7 heteroatoms. The summed E-state index contributed by atoms with van der Waals surface area (Å²) in [5.41, 5.74) is 2.33. The van der Waals surface area contributed by atoms with Gasteiger partial charge in [0.1, 0.15) is 0 Å². The zero-order chi connectivity index (χ0) is 35.0. The summed E-state index contributed by atoms with van der Waals surface area (Å²) in [7, 11) is 0. The molecule has 3 amide bonds. The first kappa shape index (κ1) is 36.6. The molecule has 0 saturated carbocycles. The quantitative estimate of drug-likeness (QED) is 0.212. The Kier molecular flexibility index (Phi) is 14.2. The molecule has 260 valence electrons. The third-order valence-electron chi connectivity index (χ3n) is 9.39. The van der Waals surface area contributed by atoms with Crippen LogP contribution in [0.4, 0.5) is 0 Å². The highest BCUT2D eigenvalue weighted by Gasteiger charge is 2.37. The third kappa shape index (κ3) is 10.4. The molecule has 0 aromatic heterocycles. The normalized spacial score (nSPS) is 19.3. The number of nitrogens with zero attached hydrogens (tertiary/aromatic N) is 1. The highest BCUT2D eigenvalue weighted by molar-refractivity contribution is 6.23. The van der Waals surface area contributed by atoms with Gasteiger partial charge in [-0.25, -0.2) is 4.90 Å². The Morgan fingerprint density at radius 2 is 0.940 bits per heavy atom. The van der Waals surface area contributed by atoms with E-state index in [2.05, 4.69) is 10.6 Å². The van der Waals surface area contributed by atoms with Gasteiger partial charge in [0.25, 0.3) is 17.7 Å². The van der Waals surface area contributed by atoms with Crippen LogP contribution in [-0.4, -0.2) is 53.6 Å². The second kappa shape index (κ2) is 19.5. The standard InChI is InChI=1S/C43H49N3O4/c47-40-36-27-17-18-28-37(36)42(49)46(41(48)35-25-15-10-16-26-35)43(50)39(32-34-23-13-9-14-24-34)45-30-20-7-5-3-1-2-4-6-19-29-44-38(40)31-33-21-11-8-12-22-33/h8-18,21-28,38-39,44-45H,1-7,19-20,29-32H2. The van der Waals surface area contributed by atoms with Gasteiger partial charge in [0.05, 0.1) is 17.6 Å². The van der Waals surface area contributed by atoms with Gasteiger partial charge in [0, 0.05) is 11.1 Å². The Bertz CT molecular complexity index is 1680. The number of benzene rings is 4. The zero-order valence-corrected chi connectivity index (χ0v) is 28.9. The first-order chi connectivity index (χ1) is 24.5. The summed E-state index contributed by atoms with van der Waals surface area (Å²) >= 11 is 0. The molecule has 5 rings (SSSR count). The molecule has 7 nitrogen and oxygen atoms in total. The largest absolute Gasteiger partial charge is 0.307 e. The maximum Gasteiger partial charge on any atom is 0.268 e. The van der Waals surface area contributed by atoms with Crippen molar-refractivity contribution in [2.45, 2.75) is 82.7 Å². The topological polar surface area (TPSA) is 95.6 Å². The van der Waals surface area contributed by atoms with E-state index in [1.165, 1.54) is 19.3 Å². The molecule has 0 radical (unpaired) electrons. The summed E-state index contributed by atoms with van der Waals surface area (Å²) in [5.74, 6) is -2.42. The van der Waals surface area contributed by atoms with Crippen molar-refractivity contribution in [3.05, 3.63) is 143 Å². The van der Waals surface area contributed by atoms with Crippen LogP contribution in [0.1, 0.15) is 100.0 Å². The number of carbonyl (C=O) groups is 4. The van der Waals surface area contributed by atoms with E-state index in [1.54, 1.807) is 54.6 Å². The lowest BCUT2D eigenvalue weighted by Crippen LogP contribution is -2.53. The number of hydrogen-bond donors (Lipinski definition) is 2. The predicted octanol–water partition coefficient (Wildman–Crippen LogP) is 7.60. The van der Waals surface area contributed by atoms with Gasteiger partial charge < -0.3 is 10.6 Å². The molecular weight excluding hydrogens is 622 g/mol. The molecule has 0 saturated heterocycles. The number of Topliss-reactive ketones (excluding diaryl/α,β-unsaturated/α-hetero) is 1. The van der Waals surface area contributed by atoms with Crippen molar-refractivity contribution in [1.82, 2.24) is 15.5 Å². The van der Waals surface area contributed by atoms with Crippen LogP contribution >= 0.6 is 0 Å². The van der Waals surface area contributed by atoms with Gasteiger partial charge >= 0.3 is 0 Å². The molecule has 4 aromatic carbocycles. The lowest BCUT2D eigenvalue weighted by atomic mass is 9.93. The van der Waals surface area contributed by atoms with Gasteiger partial charge in [-0.05, 0) is 68.1 Å². The molecule has 1 heterocycles.